The van der Waals surface area contributed by atoms with Crippen molar-refractivity contribution in [2.45, 2.75) is 26.2 Å². The lowest BCUT2D eigenvalue weighted by molar-refractivity contribution is 0.545. The summed E-state index contributed by atoms with van der Waals surface area (Å²) in [7, 11) is 0. The van der Waals surface area contributed by atoms with Crippen molar-refractivity contribution < 1.29 is 4.39 Å². The third kappa shape index (κ3) is 3.09. The molecule has 0 spiro atoms. The van der Waals surface area contributed by atoms with Gasteiger partial charge in [0, 0.05) is 16.7 Å². The van der Waals surface area contributed by atoms with Crippen LogP contribution in [-0.4, -0.2) is 9.97 Å². The molecule has 0 aliphatic heterocycles. The number of hydrogen-bond donors (Lipinski definition) is 1. The summed E-state index contributed by atoms with van der Waals surface area (Å²) in [5.74, 6) is 0.273. The highest BCUT2D eigenvalue weighted by molar-refractivity contribution is 7.71. The van der Waals surface area contributed by atoms with Crippen LogP contribution in [0, 0.1) is 21.8 Å². The number of benzene rings is 1. The maximum absolute atomic E-state index is 13.5. The molecule has 102 valence electrons. The minimum Gasteiger partial charge on any atom is -0.343 e. The second kappa shape index (κ2) is 5.14. The Morgan fingerprint density at radius 2 is 1.95 bits per heavy atom. The Labute approximate surface area is 122 Å². The molecule has 1 N–H and O–H groups in total. The molecule has 2 aromatic rings. The van der Waals surface area contributed by atoms with E-state index in [0.717, 1.165) is 5.82 Å². The lowest BCUT2D eigenvalue weighted by Gasteiger charge is -2.18. The molecular weight excluding hydrogens is 273 g/mol. The predicted molar refractivity (Wildman–Crippen MR) is 78.2 cm³/mol. The van der Waals surface area contributed by atoms with E-state index >= 15 is 0 Å². The van der Waals surface area contributed by atoms with E-state index in [1.165, 1.54) is 12.1 Å². The van der Waals surface area contributed by atoms with Crippen LogP contribution in [0.1, 0.15) is 32.2 Å². The van der Waals surface area contributed by atoms with E-state index in [0.29, 0.717) is 15.9 Å². The van der Waals surface area contributed by atoms with Crippen molar-refractivity contribution in [2.24, 2.45) is 0 Å². The van der Waals surface area contributed by atoms with Crippen LogP contribution in [0.25, 0.3) is 11.3 Å². The number of aromatic amines is 1. The molecule has 0 atom stereocenters. The number of nitriles is 1. The van der Waals surface area contributed by atoms with Crippen molar-refractivity contribution in [3.63, 3.8) is 0 Å². The maximum atomic E-state index is 13.5. The highest BCUT2D eigenvalue weighted by atomic mass is 32.1. The Morgan fingerprint density at radius 3 is 2.55 bits per heavy atom. The molecule has 0 bridgehead atoms. The number of aromatic nitrogens is 2. The maximum Gasteiger partial charge on any atom is 0.130 e. The first-order chi connectivity index (χ1) is 9.29. The second-order valence-corrected chi connectivity index (χ2v) is 5.99. The number of nitrogens with zero attached hydrogens (tertiary/aromatic N) is 2. The molecule has 0 aliphatic rings. The first-order valence-electron chi connectivity index (χ1n) is 6.12. The van der Waals surface area contributed by atoms with Crippen LogP contribution in [0.2, 0.25) is 0 Å². The van der Waals surface area contributed by atoms with Gasteiger partial charge in [0.25, 0.3) is 0 Å². The molecular formula is C15H14FN3S. The van der Waals surface area contributed by atoms with Crippen LogP contribution in [-0.2, 0) is 5.41 Å². The molecule has 1 aromatic heterocycles. The Kier molecular flexibility index (Phi) is 3.69. The Balaban J connectivity index is 2.65. The van der Waals surface area contributed by atoms with Gasteiger partial charge in [-0.15, -0.1) is 0 Å². The lowest BCUT2D eigenvalue weighted by atomic mass is 9.95. The van der Waals surface area contributed by atoms with Gasteiger partial charge in [0.05, 0.1) is 11.6 Å². The summed E-state index contributed by atoms with van der Waals surface area (Å²) >= 11 is 5.16. The highest BCUT2D eigenvalue weighted by Crippen LogP contribution is 2.24. The SMILES string of the molecule is CC(C)(C)c1nc(=S)cc(-c2cc(F)cc(C#N)c2)[nH]1. The van der Waals surface area contributed by atoms with Crippen LogP contribution >= 0.6 is 12.2 Å². The van der Waals surface area contributed by atoms with Gasteiger partial charge in [-0.05, 0) is 24.3 Å². The van der Waals surface area contributed by atoms with Crippen molar-refractivity contribution in [1.29, 1.82) is 5.26 Å². The standard InChI is InChI=1S/C15H14FN3S/c1-15(2,3)14-18-12(7-13(20)19-14)10-4-9(8-17)5-11(16)6-10/h4-7H,1-3H3,(H,18,19,20). The van der Waals surface area contributed by atoms with Crippen LogP contribution in [0.3, 0.4) is 0 Å². The molecule has 0 fully saturated rings. The summed E-state index contributed by atoms with van der Waals surface area (Å²) in [5.41, 5.74) is 1.31. The molecule has 0 unspecified atom stereocenters. The van der Waals surface area contributed by atoms with Crippen molar-refractivity contribution in [3.05, 3.63) is 46.1 Å². The minimum atomic E-state index is -0.451. The van der Waals surface area contributed by atoms with Crippen LogP contribution < -0.4 is 0 Å². The van der Waals surface area contributed by atoms with Crippen LogP contribution in [0.5, 0.6) is 0 Å². The zero-order valence-electron chi connectivity index (χ0n) is 11.5. The van der Waals surface area contributed by atoms with E-state index in [2.05, 4.69) is 9.97 Å². The Morgan fingerprint density at radius 1 is 1.25 bits per heavy atom. The van der Waals surface area contributed by atoms with Crippen LogP contribution in [0.4, 0.5) is 4.39 Å². The number of nitrogens with one attached hydrogen (secondary N) is 1. The van der Waals surface area contributed by atoms with Crippen molar-refractivity contribution >= 4 is 12.2 Å². The number of hydrogen-bond acceptors (Lipinski definition) is 3. The molecule has 5 heteroatoms. The summed E-state index contributed by atoms with van der Waals surface area (Å²) in [5, 5.41) is 8.91. The van der Waals surface area contributed by atoms with Gasteiger partial charge in [-0.25, -0.2) is 9.37 Å². The second-order valence-electron chi connectivity index (χ2n) is 5.57. The van der Waals surface area contributed by atoms with E-state index in [-0.39, 0.29) is 11.0 Å². The average Bonchev–Trinajstić information content (AvgIpc) is 2.36. The fourth-order valence-electron chi connectivity index (χ4n) is 1.78. The predicted octanol–water partition coefficient (Wildman–Crippen LogP) is 4.11. The fraction of sp³-hybridized carbons (Fsp3) is 0.267. The van der Waals surface area contributed by atoms with E-state index in [4.69, 9.17) is 17.5 Å². The molecule has 0 radical (unpaired) electrons. The summed E-state index contributed by atoms with van der Waals surface area (Å²) in [4.78, 5) is 7.46. The Bertz CT molecular complexity index is 751. The summed E-state index contributed by atoms with van der Waals surface area (Å²) in [6, 6.07) is 7.80. The van der Waals surface area contributed by atoms with Gasteiger partial charge >= 0.3 is 0 Å². The summed E-state index contributed by atoms with van der Waals surface area (Å²) in [6.07, 6.45) is 0. The monoisotopic (exact) mass is 287 g/mol. The summed E-state index contributed by atoms with van der Waals surface area (Å²) in [6.45, 7) is 6.03. The summed E-state index contributed by atoms with van der Waals surface area (Å²) < 4.78 is 14.0. The molecule has 20 heavy (non-hydrogen) atoms. The number of rotatable bonds is 1. The van der Waals surface area contributed by atoms with Gasteiger partial charge < -0.3 is 4.98 Å². The molecule has 1 aromatic carbocycles. The van der Waals surface area contributed by atoms with Gasteiger partial charge in [0.1, 0.15) is 16.3 Å². The van der Waals surface area contributed by atoms with Gasteiger partial charge in [0.15, 0.2) is 0 Å². The van der Waals surface area contributed by atoms with E-state index < -0.39 is 5.82 Å². The topological polar surface area (TPSA) is 52.5 Å². The van der Waals surface area contributed by atoms with Gasteiger partial charge in [-0.2, -0.15) is 5.26 Å². The smallest absolute Gasteiger partial charge is 0.130 e. The van der Waals surface area contributed by atoms with Crippen LogP contribution in [0.15, 0.2) is 24.3 Å². The zero-order valence-corrected chi connectivity index (χ0v) is 12.3. The Hall–Kier alpha value is -2.06. The number of halogens is 1. The largest absolute Gasteiger partial charge is 0.343 e. The molecule has 0 saturated carbocycles. The van der Waals surface area contributed by atoms with Gasteiger partial charge in [-0.3, -0.25) is 0 Å². The molecule has 0 aliphatic carbocycles. The van der Waals surface area contributed by atoms with Gasteiger partial charge in [0.2, 0.25) is 0 Å². The van der Waals surface area contributed by atoms with Crippen molar-refractivity contribution in [1.82, 2.24) is 9.97 Å². The first-order valence-corrected chi connectivity index (χ1v) is 6.53. The molecule has 3 nitrogen and oxygen atoms in total. The first kappa shape index (κ1) is 14.4. The number of H-pyrrole nitrogens is 1. The molecule has 2 rings (SSSR count). The minimum absolute atomic E-state index is 0.199. The third-order valence-corrected chi connectivity index (χ3v) is 3.00. The van der Waals surface area contributed by atoms with E-state index in [1.54, 1.807) is 12.1 Å². The zero-order chi connectivity index (χ0) is 14.9. The van der Waals surface area contributed by atoms with E-state index in [1.807, 2.05) is 26.8 Å². The fourth-order valence-corrected chi connectivity index (χ4v) is 1.99. The lowest BCUT2D eigenvalue weighted by Crippen LogP contribution is -2.16. The molecule has 1 heterocycles. The normalized spacial score (nSPS) is 11.2. The highest BCUT2D eigenvalue weighted by Gasteiger charge is 2.17. The van der Waals surface area contributed by atoms with Crippen molar-refractivity contribution in [2.75, 3.05) is 0 Å². The third-order valence-electron chi connectivity index (χ3n) is 2.79. The van der Waals surface area contributed by atoms with Gasteiger partial charge in [-0.1, -0.05) is 33.0 Å². The van der Waals surface area contributed by atoms with E-state index in [9.17, 15) is 4.39 Å². The molecule has 0 amide bonds. The average molecular weight is 287 g/mol. The quantitative estimate of drug-likeness (QED) is 0.803. The molecule has 0 saturated heterocycles. The van der Waals surface area contributed by atoms with Crippen molar-refractivity contribution in [3.8, 4) is 17.3 Å².